The van der Waals surface area contributed by atoms with Crippen LogP contribution in [0.5, 0.6) is 0 Å². The van der Waals surface area contributed by atoms with Crippen LogP contribution in [0.15, 0.2) is 59.7 Å². The van der Waals surface area contributed by atoms with Gasteiger partial charge in [-0.2, -0.15) is 10.5 Å². The minimum absolute atomic E-state index is 0.00876. The van der Waals surface area contributed by atoms with Gasteiger partial charge in [0.25, 0.3) is 0 Å². The van der Waals surface area contributed by atoms with Crippen molar-refractivity contribution in [2.45, 2.75) is 13.8 Å². The minimum atomic E-state index is -1.36. The molecule has 0 radical (unpaired) electrons. The molecule has 2 aromatic carbocycles. The fourth-order valence-electron chi connectivity index (χ4n) is 7.40. The Morgan fingerprint density at radius 1 is 0.738 bits per heavy atom. The van der Waals surface area contributed by atoms with E-state index in [0.717, 1.165) is 9.80 Å². The minimum Gasteiger partial charge on any atom is -0.595 e. The normalized spacial score (nSPS) is 29.7. The zero-order valence-electron chi connectivity index (χ0n) is 22.3. The summed E-state index contributed by atoms with van der Waals surface area (Å²) in [6, 6.07) is 11.0. The lowest BCUT2D eigenvalue weighted by Crippen LogP contribution is -2.99. The first-order valence-corrected chi connectivity index (χ1v) is 13.3. The van der Waals surface area contributed by atoms with Crippen LogP contribution >= 0.6 is 0 Å². The molecule has 4 N–H and O–H groups in total. The highest BCUT2D eigenvalue weighted by molar-refractivity contribution is 6.28. The molecule has 7 rings (SSSR count). The molecule has 1 saturated carbocycles. The van der Waals surface area contributed by atoms with Gasteiger partial charge >= 0.3 is 5.97 Å². The fraction of sp³-hybridized carbons (Fsp3) is 0.321. The van der Waals surface area contributed by atoms with Crippen LogP contribution in [-0.4, -0.2) is 46.6 Å². The SMILES string of the molecule is CCOC(=O)C1=C(C)C2C3C(=O)N(c4ccccc4[NH+]([O-])O)C(=O)C3C1C1C(=O)N(c3ccccc3[NH+]([O-])O)C(=O)C12. The largest absolute Gasteiger partial charge is 0.595 e. The monoisotopic (exact) mass is 578 g/mol. The van der Waals surface area contributed by atoms with Crippen LogP contribution in [0.1, 0.15) is 13.8 Å². The van der Waals surface area contributed by atoms with Gasteiger partial charge in [-0.1, -0.05) is 29.8 Å². The van der Waals surface area contributed by atoms with Gasteiger partial charge in [0.2, 0.25) is 23.6 Å². The molecular formula is C28H26N4O10. The number of esters is 1. The third-order valence-electron chi connectivity index (χ3n) is 8.85. The number of benzene rings is 2. The van der Waals surface area contributed by atoms with E-state index < -0.39 is 75.6 Å². The summed E-state index contributed by atoms with van der Waals surface area (Å²) in [6.45, 7) is 3.14. The van der Waals surface area contributed by atoms with E-state index in [4.69, 9.17) is 4.74 Å². The van der Waals surface area contributed by atoms with Crippen LogP contribution in [-0.2, 0) is 28.7 Å². The molecule has 42 heavy (non-hydrogen) atoms. The molecule has 2 bridgehead atoms. The van der Waals surface area contributed by atoms with Crippen molar-refractivity contribution in [3.8, 4) is 0 Å². The highest BCUT2D eigenvalue weighted by Gasteiger charge is 2.73. The molecule has 5 aliphatic rings. The molecule has 6 atom stereocenters. The number of nitrogens with zero attached hydrogens (tertiary/aromatic N) is 2. The van der Waals surface area contributed by atoms with E-state index in [1.807, 2.05) is 0 Å². The number of hydrogen-bond acceptors (Lipinski definition) is 10. The molecule has 3 aliphatic carbocycles. The number of amides is 4. The number of para-hydroxylation sites is 4. The van der Waals surface area contributed by atoms with Gasteiger partial charge in [0.15, 0.2) is 11.4 Å². The maximum absolute atomic E-state index is 14.1. The zero-order chi connectivity index (χ0) is 30.2. The van der Waals surface area contributed by atoms with Crippen LogP contribution in [0.2, 0.25) is 0 Å². The van der Waals surface area contributed by atoms with Crippen molar-refractivity contribution < 1.29 is 49.6 Å². The average Bonchev–Trinajstić information content (AvgIpc) is 3.38. The highest BCUT2D eigenvalue weighted by atomic mass is 16.8. The quantitative estimate of drug-likeness (QED) is 0.198. The Kier molecular flexibility index (Phi) is 6.57. The molecule has 3 fully saturated rings. The second kappa shape index (κ2) is 9.90. The van der Waals surface area contributed by atoms with Crippen molar-refractivity contribution in [1.82, 2.24) is 0 Å². The molecule has 218 valence electrons. The van der Waals surface area contributed by atoms with Crippen molar-refractivity contribution in [2.75, 3.05) is 16.4 Å². The van der Waals surface area contributed by atoms with E-state index in [1.54, 1.807) is 13.8 Å². The Morgan fingerprint density at radius 2 is 1.12 bits per heavy atom. The second-order valence-electron chi connectivity index (χ2n) is 10.6. The molecule has 6 unspecified atom stereocenters. The molecular weight excluding hydrogens is 552 g/mol. The maximum atomic E-state index is 14.1. The number of imide groups is 2. The fourth-order valence-corrected chi connectivity index (χ4v) is 7.40. The van der Waals surface area contributed by atoms with Gasteiger partial charge in [-0.05, 0) is 26.0 Å². The lowest BCUT2D eigenvalue weighted by Gasteiger charge is -2.49. The van der Waals surface area contributed by atoms with Crippen LogP contribution in [0.4, 0.5) is 22.7 Å². The molecule has 0 aromatic heterocycles. The molecule has 14 nitrogen and oxygen atoms in total. The molecule has 4 amide bonds. The smallest absolute Gasteiger partial charge is 0.334 e. The molecule has 2 aliphatic heterocycles. The lowest BCUT2D eigenvalue weighted by atomic mass is 9.49. The summed E-state index contributed by atoms with van der Waals surface area (Å²) in [5.41, 5.74) is -0.500. The summed E-state index contributed by atoms with van der Waals surface area (Å²) in [5.74, 6) is -10.9. The predicted molar refractivity (Wildman–Crippen MR) is 140 cm³/mol. The predicted octanol–water partition coefficient (Wildman–Crippen LogP) is -0.456. The first-order chi connectivity index (χ1) is 20.0. The number of rotatable bonds is 6. The average molecular weight is 579 g/mol. The van der Waals surface area contributed by atoms with E-state index in [-0.39, 0.29) is 34.9 Å². The van der Waals surface area contributed by atoms with Crippen LogP contribution < -0.4 is 20.3 Å². The van der Waals surface area contributed by atoms with E-state index in [0.29, 0.717) is 5.57 Å². The Hall–Kier alpha value is -4.31. The van der Waals surface area contributed by atoms with Crippen LogP contribution in [0.25, 0.3) is 0 Å². The van der Waals surface area contributed by atoms with E-state index in [1.165, 1.54) is 48.5 Å². The maximum Gasteiger partial charge on any atom is 0.334 e. The van der Waals surface area contributed by atoms with Gasteiger partial charge in [0, 0.05) is 29.5 Å². The summed E-state index contributed by atoms with van der Waals surface area (Å²) in [7, 11) is 0. The molecule has 2 heterocycles. The van der Waals surface area contributed by atoms with Gasteiger partial charge in [-0.25, -0.2) is 25.0 Å². The van der Waals surface area contributed by atoms with Crippen molar-refractivity contribution in [3.63, 3.8) is 0 Å². The van der Waals surface area contributed by atoms with Gasteiger partial charge < -0.3 is 15.2 Å². The summed E-state index contributed by atoms with van der Waals surface area (Å²) < 4.78 is 5.28. The number of anilines is 2. The number of quaternary nitrogens is 2. The Bertz CT molecular complexity index is 1490. The first-order valence-electron chi connectivity index (χ1n) is 13.3. The highest BCUT2D eigenvalue weighted by Crippen LogP contribution is 2.63. The van der Waals surface area contributed by atoms with Crippen molar-refractivity contribution in [2.24, 2.45) is 35.5 Å². The van der Waals surface area contributed by atoms with Crippen LogP contribution in [0.3, 0.4) is 0 Å². The first kappa shape index (κ1) is 27.8. The van der Waals surface area contributed by atoms with E-state index in [2.05, 4.69) is 0 Å². The summed E-state index contributed by atoms with van der Waals surface area (Å²) in [4.78, 5) is 71.0. The van der Waals surface area contributed by atoms with Gasteiger partial charge in [-0.3, -0.25) is 19.2 Å². The Morgan fingerprint density at radius 3 is 1.50 bits per heavy atom. The van der Waals surface area contributed by atoms with E-state index >= 15 is 0 Å². The number of nitrogens with one attached hydrogen (secondary N) is 2. The van der Waals surface area contributed by atoms with Crippen LogP contribution in [0, 0.1) is 45.9 Å². The summed E-state index contributed by atoms with van der Waals surface area (Å²) in [6.07, 6.45) is 0. The molecule has 2 saturated heterocycles. The molecule has 14 heteroatoms. The number of allylic oxidation sites excluding steroid dienone is 1. The third kappa shape index (κ3) is 3.64. The standard InChI is InChI=1S/C28H26N4O10/c1-3-42-28(37)18-12(2)17-20-22(26(35)29(24(20)33)13-8-4-6-10-15(13)31(38)39)19(18)23-21(17)25(34)30(27(23)36)14-9-5-7-11-16(14)32(40)41/h4-11,17,19-23,31-32,38,40H,3H2,1-2H3. The van der Waals surface area contributed by atoms with Gasteiger partial charge in [0.1, 0.15) is 11.4 Å². The molecule has 0 spiro atoms. The summed E-state index contributed by atoms with van der Waals surface area (Å²) >= 11 is 0. The Balaban J connectivity index is 1.52. The summed E-state index contributed by atoms with van der Waals surface area (Å²) in [5, 5.41) is 40.6. The van der Waals surface area contributed by atoms with Gasteiger partial charge in [0.05, 0.1) is 30.3 Å². The number of ether oxygens (including phenoxy) is 1. The Labute approximate surface area is 238 Å². The molecule has 2 aromatic rings. The second-order valence-corrected chi connectivity index (χ2v) is 10.6. The van der Waals surface area contributed by atoms with E-state index in [9.17, 15) is 44.8 Å². The number of hydrogen-bond donors (Lipinski definition) is 4. The lowest BCUT2D eigenvalue weighted by molar-refractivity contribution is -0.990. The van der Waals surface area contributed by atoms with Crippen molar-refractivity contribution in [3.05, 3.63) is 70.1 Å². The third-order valence-corrected chi connectivity index (χ3v) is 8.85. The topological polar surface area (TPSA) is 197 Å². The van der Waals surface area contributed by atoms with Gasteiger partial charge in [-0.15, -0.1) is 0 Å². The number of carbonyl (C=O) groups is 5. The zero-order valence-corrected chi connectivity index (χ0v) is 22.3. The van der Waals surface area contributed by atoms with Crippen molar-refractivity contribution >= 4 is 52.3 Å². The number of carbonyl (C=O) groups excluding carboxylic acids is 5. The van der Waals surface area contributed by atoms with Crippen molar-refractivity contribution in [1.29, 1.82) is 0 Å².